The molecule has 1 aromatic carbocycles. The quantitative estimate of drug-likeness (QED) is 0.841. The van der Waals surface area contributed by atoms with Gasteiger partial charge in [0.15, 0.2) is 0 Å². The highest BCUT2D eigenvalue weighted by molar-refractivity contribution is 5.14. The number of nitrogens with one attached hydrogen (secondary N) is 2. The number of rotatable bonds is 6. The summed E-state index contributed by atoms with van der Waals surface area (Å²) < 4.78 is 0. The summed E-state index contributed by atoms with van der Waals surface area (Å²) in [5.74, 6) is 0. The Hall–Kier alpha value is -1.65. The van der Waals surface area contributed by atoms with E-state index in [0.717, 1.165) is 31.7 Å². The number of hydrogen-bond donors (Lipinski definition) is 2. The second kappa shape index (κ2) is 6.68. The Balaban J connectivity index is 1.38. The number of H-pyrrole nitrogens is 1. The van der Waals surface area contributed by atoms with Gasteiger partial charge in [-0.25, -0.2) is 0 Å². The molecule has 2 heterocycles. The van der Waals surface area contributed by atoms with E-state index in [4.69, 9.17) is 0 Å². The van der Waals surface area contributed by atoms with Crippen molar-refractivity contribution in [2.24, 2.45) is 0 Å². The highest BCUT2D eigenvalue weighted by Gasteiger charge is 2.21. The first kappa shape index (κ1) is 13.3. The maximum atomic E-state index is 3.97. The molecule has 2 aromatic rings. The Kier molecular flexibility index (Phi) is 4.46. The molecule has 3 rings (SSSR count). The third-order valence-electron chi connectivity index (χ3n) is 3.97. The van der Waals surface area contributed by atoms with Gasteiger partial charge in [-0.2, -0.15) is 5.10 Å². The van der Waals surface area contributed by atoms with Crippen molar-refractivity contribution in [1.29, 1.82) is 0 Å². The van der Waals surface area contributed by atoms with E-state index in [1.165, 1.54) is 18.5 Å². The molecule has 0 spiro atoms. The summed E-state index contributed by atoms with van der Waals surface area (Å²) in [5, 5.41) is 10.6. The van der Waals surface area contributed by atoms with Crippen molar-refractivity contribution in [3.05, 3.63) is 53.9 Å². The van der Waals surface area contributed by atoms with E-state index in [2.05, 4.69) is 50.7 Å². The van der Waals surface area contributed by atoms with Crippen LogP contribution in [-0.2, 0) is 13.0 Å². The molecule has 4 heteroatoms. The zero-order valence-corrected chi connectivity index (χ0v) is 11.8. The van der Waals surface area contributed by atoms with Gasteiger partial charge in [0.1, 0.15) is 0 Å². The summed E-state index contributed by atoms with van der Waals surface area (Å²) in [6.45, 7) is 4.40. The maximum absolute atomic E-state index is 3.97. The number of aromatic nitrogens is 2. The van der Waals surface area contributed by atoms with Gasteiger partial charge in [0.05, 0.1) is 0 Å². The first-order chi connectivity index (χ1) is 9.90. The molecule has 1 aromatic heterocycles. The number of aromatic amines is 1. The monoisotopic (exact) mass is 270 g/mol. The molecule has 0 bridgehead atoms. The minimum absolute atomic E-state index is 0.606. The summed E-state index contributed by atoms with van der Waals surface area (Å²) in [6, 6.07) is 13.4. The first-order valence-electron chi connectivity index (χ1n) is 7.38. The van der Waals surface area contributed by atoms with E-state index < -0.39 is 0 Å². The van der Waals surface area contributed by atoms with Crippen LogP contribution in [0.1, 0.15) is 17.7 Å². The van der Waals surface area contributed by atoms with Crippen LogP contribution in [0.5, 0.6) is 0 Å². The molecule has 1 saturated heterocycles. The van der Waals surface area contributed by atoms with Crippen molar-refractivity contribution < 1.29 is 0 Å². The average Bonchev–Trinajstić information content (AvgIpc) is 3.16. The molecular formula is C16H22N4. The topological polar surface area (TPSA) is 44.0 Å². The van der Waals surface area contributed by atoms with Crippen molar-refractivity contribution in [3.63, 3.8) is 0 Å². The lowest BCUT2D eigenvalue weighted by molar-refractivity contribution is 0.331. The van der Waals surface area contributed by atoms with Crippen LogP contribution in [-0.4, -0.2) is 40.8 Å². The smallest absolute Gasteiger partial charge is 0.0490 e. The number of nitrogens with zero attached hydrogens (tertiary/aromatic N) is 2. The van der Waals surface area contributed by atoms with Crippen LogP contribution in [0.15, 0.2) is 42.6 Å². The summed E-state index contributed by atoms with van der Waals surface area (Å²) >= 11 is 0. The van der Waals surface area contributed by atoms with Gasteiger partial charge in [-0.1, -0.05) is 30.3 Å². The molecular weight excluding hydrogens is 248 g/mol. The van der Waals surface area contributed by atoms with E-state index in [0.29, 0.717) is 6.04 Å². The third-order valence-corrected chi connectivity index (χ3v) is 3.97. The van der Waals surface area contributed by atoms with E-state index in [9.17, 15) is 0 Å². The lowest BCUT2D eigenvalue weighted by Crippen LogP contribution is -2.32. The fourth-order valence-corrected chi connectivity index (χ4v) is 2.77. The highest BCUT2D eigenvalue weighted by Crippen LogP contribution is 2.11. The van der Waals surface area contributed by atoms with Crippen molar-refractivity contribution >= 4 is 0 Å². The zero-order chi connectivity index (χ0) is 13.6. The normalized spacial score (nSPS) is 19.5. The largest absolute Gasteiger partial charge is 0.307 e. The minimum atomic E-state index is 0.606. The third kappa shape index (κ3) is 3.68. The van der Waals surface area contributed by atoms with Crippen LogP contribution in [0.4, 0.5) is 0 Å². The maximum Gasteiger partial charge on any atom is 0.0490 e. The molecule has 1 aliphatic rings. The van der Waals surface area contributed by atoms with Gasteiger partial charge in [-0.3, -0.25) is 5.10 Å². The fourth-order valence-electron chi connectivity index (χ4n) is 2.77. The summed E-state index contributed by atoms with van der Waals surface area (Å²) in [4.78, 5) is 2.55. The zero-order valence-electron chi connectivity index (χ0n) is 11.8. The average molecular weight is 270 g/mol. The Morgan fingerprint density at radius 2 is 2.15 bits per heavy atom. The van der Waals surface area contributed by atoms with Crippen LogP contribution >= 0.6 is 0 Å². The number of hydrogen-bond acceptors (Lipinski definition) is 3. The molecule has 0 saturated carbocycles. The molecule has 1 aliphatic heterocycles. The van der Waals surface area contributed by atoms with Crippen LogP contribution in [0.2, 0.25) is 0 Å². The van der Waals surface area contributed by atoms with Gasteiger partial charge in [0.25, 0.3) is 0 Å². The molecule has 2 N–H and O–H groups in total. The SMILES string of the molecule is c1ccc(CCN2CCC(NCc3ccn[nH]3)C2)cc1. The molecule has 1 unspecified atom stereocenters. The van der Waals surface area contributed by atoms with Crippen molar-refractivity contribution in [2.45, 2.75) is 25.4 Å². The van der Waals surface area contributed by atoms with Gasteiger partial charge in [-0.05, 0) is 31.0 Å². The number of likely N-dealkylation sites (tertiary alicyclic amines) is 1. The van der Waals surface area contributed by atoms with Gasteiger partial charge in [-0.15, -0.1) is 0 Å². The van der Waals surface area contributed by atoms with Crippen molar-refractivity contribution in [1.82, 2.24) is 20.4 Å². The Labute approximate surface area is 120 Å². The van der Waals surface area contributed by atoms with E-state index in [1.54, 1.807) is 6.20 Å². The van der Waals surface area contributed by atoms with Crippen LogP contribution < -0.4 is 5.32 Å². The number of benzene rings is 1. The minimum Gasteiger partial charge on any atom is -0.307 e. The molecule has 20 heavy (non-hydrogen) atoms. The van der Waals surface area contributed by atoms with Gasteiger partial charge < -0.3 is 10.2 Å². The predicted octanol–water partition coefficient (Wildman–Crippen LogP) is 1.82. The van der Waals surface area contributed by atoms with Crippen molar-refractivity contribution in [2.75, 3.05) is 19.6 Å². The second-order valence-corrected chi connectivity index (χ2v) is 5.48. The first-order valence-corrected chi connectivity index (χ1v) is 7.38. The molecule has 0 aliphatic carbocycles. The van der Waals surface area contributed by atoms with Crippen LogP contribution in [0, 0.1) is 0 Å². The molecule has 4 nitrogen and oxygen atoms in total. The second-order valence-electron chi connectivity index (χ2n) is 5.48. The molecule has 0 radical (unpaired) electrons. The van der Waals surface area contributed by atoms with E-state index in [-0.39, 0.29) is 0 Å². The van der Waals surface area contributed by atoms with E-state index in [1.807, 2.05) is 6.07 Å². The van der Waals surface area contributed by atoms with Crippen LogP contribution in [0.25, 0.3) is 0 Å². The van der Waals surface area contributed by atoms with Gasteiger partial charge in [0, 0.05) is 37.6 Å². The summed E-state index contributed by atoms with van der Waals surface area (Å²) in [5.41, 5.74) is 2.59. The lowest BCUT2D eigenvalue weighted by Gasteiger charge is -2.16. The molecule has 106 valence electrons. The standard InChI is InChI=1S/C16H22N4/c1-2-4-14(5-3-1)7-10-20-11-8-16(13-20)17-12-15-6-9-18-19-15/h1-6,9,16-17H,7-8,10-13H2,(H,18,19). The predicted molar refractivity (Wildman–Crippen MR) is 80.4 cm³/mol. The molecule has 1 fully saturated rings. The lowest BCUT2D eigenvalue weighted by atomic mass is 10.1. The van der Waals surface area contributed by atoms with Gasteiger partial charge >= 0.3 is 0 Å². The highest BCUT2D eigenvalue weighted by atomic mass is 15.2. The summed E-state index contributed by atoms with van der Waals surface area (Å²) in [6.07, 6.45) is 4.19. The fraction of sp³-hybridized carbons (Fsp3) is 0.438. The van der Waals surface area contributed by atoms with Crippen molar-refractivity contribution in [3.8, 4) is 0 Å². The van der Waals surface area contributed by atoms with Gasteiger partial charge in [0.2, 0.25) is 0 Å². The molecule has 0 amide bonds. The Morgan fingerprint density at radius 3 is 2.95 bits per heavy atom. The van der Waals surface area contributed by atoms with Crippen LogP contribution in [0.3, 0.4) is 0 Å². The Morgan fingerprint density at radius 1 is 1.25 bits per heavy atom. The Bertz CT molecular complexity index is 494. The van der Waals surface area contributed by atoms with E-state index >= 15 is 0 Å². The summed E-state index contributed by atoms with van der Waals surface area (Å²) in [7, 11) is 0. The molecule has 1 atom stereocenters.